The van der Waals surface area contributed by atoms with Crippen LogP contribution in [0.5, 0.6) is 0 Å². The Labute approximate surface area is 200 Å². The maximum Gasteiger partial charge on any atom is 0.359 e. The molecule has 14 nitrogen and oxygen atoms in total. The summed E-state index contributed by atoms with van der Waals surface area (Å²) >= 11 is 0. The second-order valence-electron chi connectivity index (χ2n) is 8.89. The van der Waals surface area contributed by atoms with Gasteiger partial charge in [0.05, 0.1) is 11.7 Å². The van der Waals surface area contributed by atoms with Crippen LogP contribution in [0.15, 0.2) is 9.59 Å². The Morgan fingerprint density at radius 3 is 2.26 bits per heavy atom. The van der Waals surface area contributed by atoms with Crippen LogP contribution in [0.1, 0.15) is 66.0 Å². The van der Waals surface area contributed by atoms with E-state index >= 15 is 0 Å². The highest BCUT2D eigenvalue weighted by Gasteiger charge is 2.53. The lowest BCUT2D eigenvalue weighted by atomic mass is 9.88. The zero-order valence-electron chi connectivity index (χ0n) is 20.1. The van der Waals surface area contributed by atoms with Gasteiger partial charge in [-0.1, -0.05) is 27.7 Å². The number of H-pyrrole nitrogens is 2. The van der Waals surface area contributed by atoms with Crippen LogP contribution in [0.2, 0.25) is 0 Å². The molecule has 0 bridgehead atoms. The number of ether oxygens (including phenoxy) is 1. The van der Waals surface area contributed by atoms with Crippen LogP contribution >= 0.6 is 7.60 Å². The minimum Gasteiger partial charge on any atom is -0.388 e. The van der Waals surface area contributed by atoms with Crippen molar-refractivity contribution in [2.24, 2.45) is 0 Å². The number of anilines is 1. The molecule has 0 spiro atoms. The SMILES string of the molecule is CCC(CC)(C[C@H]1OC(n2c(=O)[nH]c3c(=O)[nH]c(N)nc32)[C@H](O)[C@@H]1O)OP(=O)(O)C(O)(CC)CC. The van der Waals surface area contributed by atoms with E-state index in [1.165, 1.54) is 0 Å². The van der Waals surface area contributed by atoms with Crippen LogP contribution in [-0.4, -0.2) is 69.0 Å². The van der Waals surface area contributed by atoms with Crippen molar-refractivity contribution in [2.45, 2.75) is 95.3 Å². The van der Waals surface area contributed by atoms with Gasteiger partial charge in [0.25, 0.3) is 5.56 Å². The fraction of sp³-hybridized carbons (Fsp3) is 0.750. The minimum absolute atomic E-state index is 0.0110. The number of aliphatic hydroxyl groups is 3. The van der Waals surface area contributed by atoms with Crippen molar-refractivity contribution in [3.63, 3.8) is 0 Å². The average molecular weight is 519 g/mol. The molecule has 0 saturated carbocycles. The number of nitrogens with one attached hydrogen (secondary N) is 2. The van der Waals surface area contributed by atoms with Crippen molar-refractivity contribution < 1.29 is 34.0 Å². The third kappa shape index (κ3) is 4.71. The molecule has 3 rings (SSSR count). The predicted octanol–water partition coefficient (Wildman–Crippen LogP) is 0.274. The zero-order valence-corrected chi connectivity index (χ0v) is 21.0. The Bertz CT molecular complexity index is 1220. The third-order valence-electron chi connectivity index (χ3n) is 7.03. The van der Waals surface area contributed by atoms with Gasteiger partial charge in [0.1, 0.15) is 12.2 Å². The number of aromatic amines is 2. The second-order valence-corrected chi connectivity index (χ2v) is 10.9. The Morgan fingerprint density at radius 1 is 1.11 bits per heavy atom. The standard InChI is InChI=1S/C20H34N5O9P/c1-5-19(6-2,34-35(31,32)20(30,7-3)8-4)9-10-12(26)13(27)16(33-10)25-14-11(22-18(25)29)15(28)24-17(21)23-14/h10,12-13,16,26-27,30H,5-9H2,1-4H3,(H,22,29)(H,31,32)(H3,21,23,24,28)/t10-,12-,13-,16?/m1/s1. The highest BCUT2D eigenvalue weighted by molar-refractivity contribution is 7.54. The Hall–Kier alpha value is -2.06. The number of hydrogen-bond donors (Lipinski definition) is 7. The monoisotopic (exact) mass is 519 g/mol. The molecule has 15 heteroatoms. The summed E-state index contributed by atoms with van der Waals surface area (Å²) in [5.74, 6) is -0.262. The highest BCUT2D eigenvalue weighted by atomic mass is 31.2. The van der Waals surface area contributed by atoms with Crippen LogP contribution in [-0.2, 0) is 13.8 Å². The van der Waals surface area contributed by atoms with Crippen LogP contribution in [0.25, 0.3) is 11.2 Å². The number of nitrogens with two attached hydrogens (primary N) is 1. The first-order valence-corrected chi connectivity index (χ1v) is 13.1. The molecule has 198 valence electrons. The van der Waals surface area contributed by atoms with Crippen molar-refractivity contribution in [3.8, 4) is 0 Å². The van der Waals surface area contributed by atoms with Crippen LogP contribution in [0, 0.1) is 0 Å². The Morgan fingerprint density at radius 2 is 1.71 bits per heavy atom. The lowest BCUT2D eigenvalue weighted by Gasteiger charge is -2.40. The van der Waals surface area contributed by atoms with E-state index in [-0.39, 0.29) is 49.2 Å². The molecule has 8 N–H and O–H groups in total. The summed E-state index contributed by atoms with van der Waals surface area (Å²) in [6.45, 7) is 6.59. The predicted molar refractivity (Wildman–Crippen MR) is 126 cm³/mol. The largest absolute Gasteiger partial charge is 0.388 e. The molecule has 0 amide bonds. The smallest absolute Gasteiger partial charge is 0.359 e. The average Bonchev–Trinajstić information content (AvgIpc) is 3.28. The van der Waals surface area contributed by atoms with Crippen LogP contribution in [0.4, 0.5) is 5.95 Å². The fourth-order valence-electron chi connectivity index (χ4n) is 4.44. The van der Waals surface area contributed by atoms with E-state index in [0.29, 0.717) is 0 Å². The van der Waals surface area contributed by atoms with Crippen molar-refractivity contribution in [1.29, 1.82) is 0 Å². The summed E-state index contributed by atoms with van der Waals surface area (Å²) in [7, 11) is -4.54. The molecule has 5 atom stereocenters. The van der Waals surface area contributed by atoms with Crippen molar-refractivity contribution >= 4 is 24.7 Å². The third-order valence-corrected chi connectivity index (χ3v) is 9.35. The number of aliphatic hydroxyl groups excluding tert-OH is 2. The number of nitrogens with zero attached hydrogens (tertiary/aromatic N) is 2. The van der Waals surface area contributed by atoms with Crippen LogP contribution in [0.3, 0.4) is 0 Å². The van der Waals surface area contributed by atoms with Gasteiger partial charge in [0.2, 0.25) is 5.95 Å². The van der Waals surface area contributed by atoms with E-state index in [1.807, 2.05) is 0 Å². The lowest BCUT2D eigenvalue weighted by Crippen LogP contribution is -2.42. The van der Waals surface area contributed by atoms with Gasteiger partial charge in [-0.3, -0.25) is 23.9 Å². The first kappa shape index (κ1) is 27.5. The first-order valence-electron chi connectivity index (χ1n) is 11.6. The maximum absolute atomic E-state index is 13.1. The highest BCUT2D eigenvalue weighted by Crippen LogP contribution is 2.61. The summed E-state index contributed by atoms with van der Waals surface area (Å²) in [6.07, 6.45) is -5.36. The van der Waals surface area contributed by atoms with Gasteiger partial charge in [-0.25, -0.2) is 9.36 Å². The number of fused-ring (bicyclic) bond motifs is 1. The van der Waals surface area contributed by atoms with Crippen molar-refractivity contribution in [1.82, 2.24) is 19.5 Å². The molecule has 1 aliphatic heterocycles. The lowest BCUT2D eigenvalue weighted by molar-refractivity contribution is -0.0768. The molecule has 0 aromatic carbocycles. The number of imidazole rings is 1. The second kappa shape index (κ2) is 9.77. The molecule has 0 radical (unpaired) electrons. The molecule has 2 aromatic rings. The van der Waals surface area contributed by atoms with E-state index in [2.05, 4.69) is 15.0 Å². The zero-order chi connectivity index (χ0) is 26.3. The van der Waals surface area contributed by atoms with E-state index in [0.717, 1.165) is 4.57 Å². The van der Waals surface area contributed by atoms with E-state index in [1.54, 1.807) is 27.7 Å². The van der Waals surface area contributed by atoms with Gasteiger partial charge >= 0.3 is 13.3 Å². The maximum atomic E-state index is 13.1. The van der Waals surface area contributed by atoms with Gasteiger partial charge in [-0.2, -0.15) is 4.98 Å². The molecule has 1 fully saturated rings. The summed E-state index contributed by atoms with van der Waals surface area (Å²) in [4.78, 5) is 43.9. The van der Waals surface area contributed by atoms with E-state index < -0.39 is 54.3 Å². The molecule has 2 aromatic heterocycles. The molecule has 0 aliphatic carbocycles. The van der Waals surface area contributed by atoms with Gasteiger partial charge in [0.15, 0.2) is 22.7 Å². The summed E-state index contributed by atoms with van der Waals surface area (Å²) in [5.41, 5.74) is 2.43. The topological polar surface area (TPSA) is 226 Å². The molecular weight excluding hydrogens is 485 g/mol. The Balaban J connectivity index is 1.95. The Kier molecular flexibility index (Phi) is 7.68. The van der Waals surface area contributed by atoms with Gasteiger partial charge in [0, 0.05) is 6.42 Å². The molecule has 2 unspecified atom stereocenters. The van der Waals surface area contributed by atoms with Crippen molar-refractivity contribution in [2.75, 3.05) is 5.73 Å². The van der Waals surface area contributed by atoms with Gasteiger partial charge < -0.3 is 30.7 Å². The summed E-state index contributed by atoms with van der Waals surface area (Å²) in [5, 5.41) is 30.2. The molecule has 1 saturated heterocycles. The molecule has 1 aliphatic rings. The summed E-state index contributed by atoms with van der Waals surface area (Å²) < 4.78 is 25.5. The number of aromatic nitrogens is 4. The molecule has 3 heterocycles. The fourth-order valence-corrected chi connectivity index (χ4v) is 6.27. The number of nitrogen functional groups attached to an aromatic ring is 1. The quantitative estimate of drug-likeness (QED) is 0.211. The molecular formula is C20H34N5O9P. The van der Waals surface area contributed by atoms with E-state index in [4.69, 9.17) is 15.0 Å². The van der Waals surface area contributed by atoms with Gasteiger partial charge in [-0.05, 0) is 25.7 Å². The molecule has 35 heavy (non-hydrogen) atoms. The van der Waals surface area contributed by atoms with E-state index in [9.17, 15) is 34.4 Å². The number of hydrogen-bond acceptors (Lipinski definition) is 10. The first-order chi connectivity index (χ1) is 16.3. The minimum atomic E-state index is -4.54. The summed E-state index contributed by atoms with van der Waals surface area (Å²) in [6, 6.07) is 0. The van der Waals surface area contributed by atoms with Crippen molar-refractivity contribution in [3.05, 3.63) is 20.8 Å². The number of rotatable bonds is 10. The normalized spacial score (nSPS) is 25.3. The van der Waals surface area contributed by atoms with Crippen LogP contribution < -0.4 is 17.0 Å². The van der Waals surface area contributed by atoms with Gasteiger partial charge in [-0.15, -0.1) is 0 Å².